The number of imidazole rings is 1. The molecule has 0 aliphatic rings. The minimum absolute atomic E-state index is 0. The molecule has 0 saturated heterocycles. The van der Waals surface area contributed by atoms with Gasteiger partial charge in [0.05, 0.1) is 11.5 Å². The maximum atomic E-state index is 10.1. The summed E-state index contributed by atoms with van der Waals surface area (Å²) in [5.41, 5.74) is 5.59. The third kappa shape index (κ3) is 5.47. The molecule has 1 N–H and O–H groups in total. The predicted molar refractivity (Wildman–Crippen MR) is 111 cm³/mol. The number of hydrogen-bond acceptors (Lipinski definition) is 4. The molecule has 4 aromatic rings. The van der Waals surface area contributed by atoms with Crippen LogP contribution >= 0.6 is 0 Å². The fraction of sp³-hybridized carbons (Fsp3) is 0.130. The van der Waals surface area contributed by atoms with Gasteiger partial charge in [0, 0.05) is 32.0 Å². The van der Waals surface area contributed by atoms with Crippen molar-refractivity contribution >= 4 is 5.97 Å². The van der Waals surface area contributed by atoms with Gasteiger partial charge in [-0.3, -0.25) is 4.98 Å². The van der Waals surface area contributed by atoms with Crippen LogP contribution < -0.4 is 0 Å². The summed E-state index contributed by atoms with van der Waals surface area (Å²) in [5, 5.41) is 8.32. The molecule has 3 heterocycles. The number of carbonyl (C=O) groups is 1. The Balaban J connectivity index is 0.000000272. The Bertz CT molecular complexity index is 1090. The SMILES string of the molecule is Cc1cccc(C)c1-n1cc(-c2[c-]ccnc2)nc1C.O=C(O)c1ccccn1.[Ir]. The van der Waals surface area contributed by atoms with E-state index in [1.165, 1.54) is 29.1 Å². The second-order valence-electron chi connectivity index (χ2n) is 6.46. The first-order chi connectivity index (χ1) is 14.0. The number of carboxylic acids is 1. The predicted octanol–water partition coefficient (Wildman–Crippen LogP) is 4.44. The Labute approximate surface area is 189 Å². The van der Waals surface area contributed by atoms with Crippen LogP contribution in [0.3, 0.4) is 0 Å². The molecule has 0 spiro atoms. The van der Waals surface area contributed by atoms with Gasteiger partial charge in [0.1, 0.15) is 5.69 Å². The van der Waals surface area contributed by atoms with Crippen LogP contribution in [0, 0.1) is 26.8 Å². The van der Waals surface area contributed by atoms with Crippen LogP contribution in [0.1, 0.15) is 27.4 Å². The van der Waals surface area contributed by atoms with Gasteiger partial charge >= 0.3 is 5.97 Å². The van der Waals surface area contributed by atoms with Gasteiger partial charge in [-0.05, 0) is 50.2 Å². The number of benzene rings is 1. The molecule has 155 valence electrons. The van der Waals surface area contributed by atoms with Gasteiger partial charge in [0.2, 0.25) is 0 Å². The Morgan fingerprint density at radius 3 is 2.30 bits per heavy atom. The Morgan fingerprint density at radius 2 is 1.77 bits per heavy atom. The molecule has 0 amide bonds. The van der Waals surface area contributed by atoms with Crippen molar-refractivity contribution in [2.24, 2.45) is 0 Å². The molecule has 0 atom stereocenters. The number of aromatic carboxylic acids is 1. The third-order valence-corrected chi connectivity index (χ3v) is 4.33. The van der Waals surface area contributed by atoms with Gasteiger partial charge in [-0.2, -0.15) is 0 Å². The summed E-state index contributed by atoms with van der Waals surface area (Å²) in [6.45, 7) is 6.26. The van der Waals surface area contributed by atoms with E-state index < -0.39 is 5.97 Å². The van der Waals surface area contributed by atoms with E-state index in [9.17, 15) is 4.79 Å². The zero-order valence-electron chi connectivity index (χ0n) is 16.8. The van der Waals surface area contributed by atoms with E-state index >= 15 is 0 Å². The van der Waals surface area contributed by atoms with Crippen molar-refractivity contribution in [3.63, 3.8) is 0 Å². The quantitative estimate of drug-likeness (QED) is 0.365. The van der Waals surface area contributed by atoms with Crippen molar-refractivity contribution in [1.29, 1.82) is 0 Å². The molecule has 0 bridgehead atoms. The van der Waals surface area contributed by atoms with E-state index in [0.29, 0.717) is 0 Å². The average molecular weight is 578 g/mol. The van der Waals surface area contributed by atoms with Crippen LogP contribution in [-0.2, 0) is 20.1 Å². The number of rotatable bonds is 3. The average Bonchev–Trinajstić information content (AvgIpc) is 3.11. The third-order valence-electron chi connectivity index (χ3n) is 4.33. The number of nitrogens with zero attached hydrogens (tertiary/aromatic N) is 4. The summed E-state index contributed by atoms with van der Waals surface area (Å²) >= 11 is 0. The molecule has 30 heavy (non-hydrogen) atoms. The summed E-state index contributed by atoms with van der Waals surface area (Å²) < 4.78 is 2.14. The van der Waals surface area contributed by atoms with Crippen molar-refractivity contribution in [3.8, 4) is 16.9 Å². The fourth-order valence-electron chi connectivity index (χ4n) is 2.97. The van der Waals surface area contributed by atoms with Crippen LogP contribution in [0.2, 0.25) is 0 Å². The molecular formula is C23H21IrN4O2-. The largest absolute Gasteiger partial charge is 0.477 e. The summed E-state index contributed by atoms with van der Waals surface area (Å²) in [6, 6.07) is 16.1. The first-order valence-electron chi connectivity index (χ1n) is 9.06. The second kappa shape index (κ2) is 10.6. The zero-order valence-corrected chi connectivity index (χ0v) is 19.2. The van der Waals surface area contributed by atoms with Crippen LogP contribution in [0.15, 0.2) is 67.3 Å². The summed E-state index contributed by atoms with van der Waals surface area (Å²) in [4.78, 5) is 22.5. The summed E-state index contributed by atoms with van der Waals surface area (Å²) in [7, 11) is 0. The molecule has 3 aromatic heterocycles. The number of para-hydroxylation sites is 1. The van der Waals surface area contributed by atoms with E-state index in [4.69, 9.17) is 5.11 Å². The fourth-order valence-corrected chi connectivity index (χ4v) is 2.97. The molecule has 6 nitrogen and oxygen atoms in total. The number of hydrogen-bond donors (Lipinski definition) is 1. The Morgan fingerprint density at radius 1 is 1.03 bits per heavy atom. The van der Waals surface area contributed by atoms with Gasteiger partial charge < -0.3 is 14.7 Å². The van der Waals surface area contributed by atoms with E-state index in [2.05, 4.69) is 63.8 Å². The minimum atomic E-state index is -0.990. The molecule has 0 fully saturated rings. The maximum Gasteiger partial charge on any atom is 0.354 e. The van der Waals surface area contributed by atoms with Gasteiger partial charge in [0.15, 0.2) is 0 Å². The van der Waals surface area contributed by atoms with Gasteiger partial charge in [-0.15, -0.1) is 17.7 Å². The standard InChI is InChI=1S/C17H16N3.C6H5NO2.Ir/c1-12-6-4-7-13(2)17(12)20-11-16(19-14(20)3)15-8-5-9-18-10-15;8-6(9)5-3-1-2-4-7-5;/h4-7,9-11H,1-3H3;1-4H,(H,8,9);/q-1;;. The first kappa shape index (κ1) is 23.1. The first-order valence-corrected chi connectivity index (χ1v) is 9.06. The topological polar surface area (TPSA) is 80.9 Å². The van der Waals surface area contributed by atoms with Gasteiger partial charge in [0.25, 0.3) is 0 Å². The van der Waals surface area contributed by atoms with Crippen LogP contribution in [-0.4, -0.2) is 30.6 Å². The number of aromatic nitrogens is 4. The van der Waals surface area contributed by atoms with Crippen molar-refractivity contribution in [3.05, 3.63) is 96.0 Å². The van der Waals surface area contributed by atoms with Crippen LogP contribution in [0.25, 0.3) is 16.9 Å². The number of aryl methyl sites for hydroxylation is 3. The van der Waals surface area contributed by atoms with Crippen LogP contribution in [0.4, 0.5) is 0 Å². The molecule has 0 aliphatic heterocycles. The zero-order chi connectivity index (χ0) is 20.8. The molecule has 0 unspecified atom stereocenters. The normalized spacial score (nSPS) is 9.83. The van der Waals surface area contributed by atoms with Crippen LogP contribution in [0.5, 0.6) is 0 Å². The van der Waals surface area contributed by atoms with Gasteiger partial charge in [-0.1, -0.05) is 36.7 Å². The molecule has 4 rings (SSSR count). The van der Waals surface area contributed by atoms with E-state index in [1.54, 1.807) is 24.5 Å². The van der Waals surface area contributed by atoms with Crippen molar-refractivity contribution in [1.82, 2.24) is 19.5 Å². The van der Waals surface area contributed by atoms with E-state index in [0.717, 1.165) is 17.1 Å². The minimum Gasteiger partial charge on any atom is -0.477 e. The van der Waals surface area contributed by atoms with E-state index in [-0.39, 0.29) is 25.8 Å². The van der Waals surface area contributed by atoms with E-state index in [1.807, 2.05) is 13.0 Å². The Hall–Kier alpha value is -3.15. The van der Waals surface area contributed by atoms with Gasteiger partial charge in [-0.25, -0.2) is 9.78 Å². The monoisotopic (exact) mass is 578 g/mol. The Kier molecular flexibility index (Phi) is 8.15. The molecule has 0 aliphatic carbocycles. The van der Waals surface area contributed by atoms with Crippen molar-refractivity contribution in [2.75, 3.05) is 0 Å². The smallest absolute Gasteiger partial charge is 0.354 e. The molecule has 0 saturated carbocycles. The molecule has 1 radical (unpaired) electrons. The molecule has 7 heteroatoms. The number of pyridine rings is 2. The number of carboxylic acid groups (broad SMARTS) is 1. The second-order valence-corrected chi connectivity index (χ2v) is 6.46. The molecule has 1 aromatic carbocycles. The van der Waals surface area contributed by atoms with Crippen molar-refractivity contribution in [2.45, 2.75) is 20.8 Å². The summed E-state index contributed by atoms with van der Waals surface area (Å²) in [5.74, 6) is -0.0229. The maximum absolute atomic E-state index is 10.1. The summed E-state index contributed by atoms with van der Waals surface area (Å²) in [6.07, 6.45) is 7.01. The van der Waals surface area contributed by atoms with Crippen molar-refractivity contribution < 1.29 is 30.0 Å². The molecular weight excluding hydrogens is 556 g/mol.